The number of likely N-dealkylation sites (tertiary alicyclic amines) is 1. The van der Waals surface area contributed by atoms with Crippen molar-refractivity contribution in [2.45, 2.75) is 62.0 Å². The lowest BCUT2D eigenvalue weighted by Crippen LogP contribution is -2.67. The number of fused-ring (bicyclic) bond motifs is 1. The van der Waals surface area contributed by atoms with Gasteiger partial charge < -0.3 is 4.90 Å². The second kappa shape index (κ2) is 7.14. The maximum absolute atomic E-state index is 13.6. The summed E-state index contributed by atoms with van der Waals surface area (Å²) in [6, 6.07) is 4.39. The third-order valence-electron chi connectivity index (χ3n) is 7.03. The summed E-state index contributed by atoms with van der Waals surface area (Å²) < 4.78 is 31.4. The van der Waals surface area contributed by atoms with Gasteiger partial charge in [0, 0.05) is 25.2 Å². The molecule has 1 N–H and O–H groups in total. The molecule has 0 bridgehead atoms. The van der Waals surface area contributed by atoms with Gasteiger partial charge in [-0.05, 0) is 69.7 Å². The minimum atomic E-state index is -3.81. The Labute approximate surface area is 191 Å². The van der Waals surface area contributed by atoms with Gasteiger partial charge in [-0.25, -0.2) is 17.9 Å². The zero-order chi connectivity index (χ0) is 23.8. The summed E-state index contributed by atoms with van der Waals surface area (Å²) in [6.07, 6.45) is 4.78. The van der Waals surface area contributed by atoms with Crippen LogP contribution in [0.1, 0.15) is 39.5 Å². The fourth-order valence-electron chi connectivity index (χ4n) is 4.61. The van der Waals surface area contributed by atoms with Crippen LogP contribution in [0, 0.1) is 5.92 Å². The van der Waals surface area contributed by atoms with E-state index < -0.39 is 32.4 Å². The van der Waals surface area contributed by atoms with Crippen molar-refractivity contribution in [1.82, 2.24) is 18.8 Å². The number of carbonyl (C=O) groups is 1. The Hall–Kier alpha value is -2.72. The van der Waals surface area contributed by atoms with E-state index in [4.69, 9.17) is 0 Å². The Bertz CT molecular complexity index is 1410. The smallest absolute Gasteiger partial charge is 0.332 e. The molecule has 1 saturated heterocycles. The van der Waals surface area contributed by atoms with Crippen molar-refractivity contribution in [2.75, 3.05) is 13.1 Å². The Morgan fingerprint density at radius 1 is 1.21 bits per heavy atom. The van der Waals surface area contributed by atoms with Gasteiger partial charge in [0.25, 0.3) is 5.56 Å². The van der Waals surface area contributed by atoms with Gasteiger partial charge in [-0.15, -0.1) is 0 Å². The van der Waals surface area contributed by atoms with E-state index in [-0.39, 0.29) is 29.3 Å². The fraction of sp³-hybridized carbons (Fsp3) is 0.522. The molecule has 1 amide bonds. The highest BCUT2D eigenvalue weighted by molar-refractivity contribution is 7.89. The number of carbonyl (C=O) groups excluding carboxylic acids is 1. The van der Waals surface area contributed by atoms with E-state index >= 15 is 0 Å². The van der Waals surface area contributed by atoms with Crippen molar-refractivity contribution in [3.05, 3.63) is 51.7 Å². The van der Waals surface area contributed by atoms with E-state index in [0.29, 0.717) is 18.0 Å². The molecule has 10 heteroatoms. The molecule has 33 heavy (non-hydrogen) atoms. The van der Waals surface area contributed by atoms with Gasteiger partial charge in [-0.3, -0.25) is 18.7 Å². The lowest BCUT2D eigenvalue weighted by molar-refractivity contribution is -0.136. The number of aromatic nitrogens is 2. The van der Waals surface area contributed by atoms with Crippen LogP contribution in [0.4, 0.5) is 0 Å². The summed E-state index contributed by atoms with van der Waals surface area (Å²) in [4.78, 5) is 40.6. The number of benzene rings is 1. The standard InChI is InChI=1S/C23H28N4O5S/c1-4-19(28)25-13-23(3,14-25)27-20(29)17-11-16(33(31,32)24-22(2)9-10-22)7-8-18(17)26(21(27)30)12-15-5-6-15/h4,7-8,11,15,24H,1,5-6,9-10,12-14H2,2-3H3. The number of sulfonamides is 1. The number of amides is 1. The molecule has 9 nitrogen and oxygen atoms in total. The molecule has 1 aromatic heterocycles. The van der Waals surface area contributed by atoms with Crippen LogP contribution in [0.25, 0.3) is 10.9 Å². The predicted octanol–water partition coefficient (Wildman–Crippen LogP) is 1.15. The number of nitrogens with zero attached hydrogens (tertiary/aromatic N) is 3. The average molecular weight is 473 g/mol. The number of hydrogen-bond donors (Lipinski definition) is 1. The summed E-state index contributed by atoms with van der Waals surface area (Å²) in [6.45, 7) is 8.00. The van der Waals surface area contributed by atoms with Crippen molar-refractivity contribution >= 4 is 26.8 Å². The number of hydrogen-bond acceptors (Lipinski definition) is 5. The van der Waals surface area contributed by atoms with Crippen molar-refractivity contribution < 1.29 is 13.2 Å². The van der Waals surface area contributed by atoms with Gasteiger partial charge in [0.05, 0.1) is 21.3 Å². The van der Waals surface area contributed by atoms with Crippen LogP contribution < -0.4 is 16.0 Å². The van der Waals surface area contributed by atoms with E-state index in [2.05, 4.69) is 11.3 Å². The molecule has 0 radical (unpaired) electrons. The molecule has 0 unspecified atom stereocenters. The van der Waals surface area contributed by atoms with Crippen LogP contribution in [0.5, 0.6) is 0 Å². The van der Waals surface area contributed by atoms with Crippen molar-refractivity contribution in [3.63, 3.8) is 0 Å². The zero-order valence-corrected chi connectivity index (χ0v) is 19.7. The average Bonchev–Trinajstić information content (AvgIpc) is 3.67. The number of nitrogens with one attached hydrogen (secondary N) is 1. The first kappa shape index (κ1) is 22.1. The monoisotopic (exact) mass is 472 g/mol. The van der Waals surface area contributed by atoms with Crippen LogP contribution >= 0.6 is 0 Å². The summed E-state index contributed by atoms with van der Waals surface area (Å²) in [5, 5.41) is 0.189. The summed E-state index contributed by atoms with van der Waals surface area (Å²) >= 11 is 0. The minimum Gasteiger partial charge on any atom is -0.334 e. The summed E-state index contributed by atoms with van der Waals surface area (Å²) in [7, 11) is -3.81. The summed E-state index contributed by atoms with van der Waals surface area (Å²) in [5.41, 5.74) is -1.84. The van der Waals surface area contributed by atoms with Gasteiger partial charge in [0.2, 0.25) is 15.9 Å². The normalized spacial score (nSPS) is 21.0. The maximum atomic E-state index is 13.6. The molecule has 1 aliphatic heterocycles. The molecule has 1 aromatic carbocycles. The largest absolute Gasteiger partial charge is 0.334 e. The molecule has 2 heterocycles. The van der Waals surface area contributed by atoms with Crippen LogP contribution in [0.15, 0.2) is 45.3 Å². The minimum absolute atomic E-state index is 0.00520. The molecule has 176 valence electrons. The first-order valence-corrected chi connectivity index (χ1v) is 12.7. The van der Waals surface area contributed by atoms with Gasteiger partial charge in [-0.1, -0.05) is 6.58 Å². The van der Waals surface area contributed by atoms with Crippen molar-refractivity contribution in [3.8, 4) is 0 Å². The lowest BCUT2D eigenvalue weighted by Gasteiger charge is -2.48. The molecule has 2 aliphatic carbocycles. The molecule has 3 aliphatic rings. The SMILES string of the molecule is C=CC(=O)N1CC(C)(n2c(=O)c3cc(S(=O)(=O)NC4(C)CC4)ccc3n(CC3CC3)c2=O)C1. The van der Waals surface area contributed by atoms with E-state index in [1.165, 1.54) is 27.7 Å². The first-order valence-electron chi connectivity index (χ1n) is 11.2. The van der Waals surface area contributed by atoms with Crippen LogP contribution in [-0.2, 0) is 26.9 Å². The third-order valence-corrected chi connectivity index (χ3v) is 8.67. The lowest BCUT2D eigenvalue weighted by atomic mass is 9.91. The molecule has 0 spiro atoms. The summed E-state index contributed by atoms with van der Waals surface area (Å²) in [5.74, 6) is 0.109. The molecule has 3 fully saturated rings. The number of rotatable bonds is 7. The van der Waals surface area contributed by atoms with E-state index in [1.807, 2.05) is 6.92 Å². The zero-order valence-electron chi connectivity index (χ0n) is 18.8. The maximum Gasteiger partial charge on any atom is 0.332 e. The third kappa shape index (κ3) is 3.74. The van der Waals surface area contributed by atoms with Gasteiger partial charge in [0.1, 0.15) is 0 Å². The Morgan fingerprint density at radius 2 is 1.88 bits per heavy atom. The van der Waals surface area contributed by atoms with E-state index in [0.717, 1.165) is 25.7 Å². The van der Waals surface area contributed by atoms with Gasteiger partial charge in [-0.2, -0.15) is 0 Å². The van der Waals surface area contributed by atoms with Crippen LogP contribution in [0.2, 0.25) is 0 Å². The molecular formula is C23H28N4O5S. The highest BCUT2D eigenvalue weighted by Gasteiger charge is 2.45. The molecule has 2 saturated carbocycles. The Kier molecular flexibility index (Phi) is 4.78. The molecule has 2 aromatic rings. The Balaban J connectivity index is 1.66. The van der Waals surface area contributed by atoms with Crippen molar-refractivity contribution in [2.24, 2.45) is 5.92 Å². The highest BCUT2D eigenvalue weighted by Crippen LogP contribution is 2.36. The second-order valence-corrected chi connectivity index (χ2v) is 11.9. The topological polar surface area (TPSA) is 110 Å². The molecule has 5 rings (SSSR count). The molecule has 0 atom stereocenters. The molecular weight excluding hydrogens is 444 g/mol. The van der Waals surface area contributed by atoms with Crippen molar-refractivity contribution in [1.29, 1.82) is 0 Å². The second-order valence-electron chi connectivity index (χ2n) is 10.2. The first-order chi connectivity index (χ1) is 15.5. The highest BCUT2D eigenvalue weighted by atomic mass is 32.2. The Morgan fingerprint density at radius 3 is 2.45 bits per heavy atom. The van der Waals surface area contributed by atoms with E-state index in [9.17, 15) is 22.8 Å². The van der Waals surface area contributed by atoms with E-state index in [1.54, 1.807) is 17.6 Å². The quantitative estimate of drug-likeness (QED) is 0.608. The van der Waals surface area contributed by atoms with Gasteiger partial charge in [0.15, 0.2) is 0 Å². The predicted molar refractivity (Wildman–Crippen MR) is 124 cm³/mol. The van der Waals surface area contributed by atoms with Crippen LogP contribution in [-0.4, -0.2) is 47.0 Å². The fourth-order valence-corrected chi connectivity index (χ4v) is 6.10. The van der Waals surface area contributed by atoms with Gasteiger partial charge >= 0.3 is 5.69 Å². The van der Waals surface area contributed by atoms with Crippen LogP contribution in [0.3, 0.4) is 0 Å².